The van der Waals surface area contributed by atoms with E-state index in [1.54, 1.807) is 54.6 Å². The van der Waals surface area contributed by atoms with E-state index < -0.39 is 18.0 Å². The Bertz CT molecular complexity index is 1230. The maximum absolute atomic E-state index is 12.8. The molecule has 1 aliphatic carbocycles. The van der Waals surface area contributed by atoms with Gasteiger partial charge in [-0.25, -0.2) is 4.79 Å². The average Bonchev–Trinajstić information content (AvgIpc) is 2.77. The molecule has 0 fully saturated rings. The summed E-state index contributed by atoms with van der Waals surface area (Å²) >= 11 is 0. The highest BCUT2D eigenvalue weighted by atomic mass is 16.5. The summed E-state index contributed by atoms with van der Waals surface area (Å²) in [6.07, 6.45) is -1.05. The summed E-state index contributed by atoms with van der Waals surface area (Å²) in [4.78, 5) is 50.2. The van der Waals surface area contributed by atoms with Crippen molar-refractivity contribution in [2.24, 2.45) is 0 Å². The van der Waals surface area contributed by atoms with Crippen LogP contribution in [0.3, 0.4) is 0 Å². The molecule has 0 saturated heterocycles. The van der Waals surface area contributed by atoms with Gasteiger partial charge in [0.2, 0.25) is 0 Å². The smallest absolute Gasteiger partial charge is 0.338 e. The lowest BCUT2D eigenvalue weighted by molar-refractivity contribution is -0.123. The minimum Gasteiger partial charge on any atom is -0.449 e. The predicted octanol–water partition coefficient (Wildman–Crippen LogP) is 3.95. The highest BCUT2D eigenvalue weighted by molar-refractivity contribution is 6.28. The fourth-order valence-corrected chi connectivity index (χ4v) is 3.39. The zero-order valence-electron chi connectivity index (χ0n) is 17.0. The van der Waals surface area contributed by atoms with Crippen LogP contribution in [-0.4, -0.2) is 29.5 Å². The molecule has 6 nitrogen and oxygen atoms in total. The maximum Gasteiger partial charge on any atom is 0.338 e. The van der Waals surface area contributed by atoms with E-state index in [-0.39, 0.29) is 17.1 Å². The predicted molar refractivity (Wildman–Crippen MR) is 114 cm³/mol. The van der Waals surface area contributed by atoms with Crippen molar-refractivity contribution in [2.45, 2.75) is 20.0 Å². The Morgan fingerprint density at radius 2 is 1.39 bits per heavy atom. The van der Waals surface area contributed by atoms with Gasteiger partial charge in [-0.15, -0.1) is 0 Å². The Kier molecular flexibility index (Phi) is 5.21. The van der Waals surface area contributed by atoms with Crippen LogP contribution in [0, 0.1) is 6.92 Å². The van der Waals surface area contributed by atoms with E-state index in [1.807, 2.05) is 6.92 Å². The average molecular weight is 413 g/mol. The van der Waals surface area contributed by atoms with Crippen LogP contribution in [0.25, 0.3) is 0 Å². The van der Waals surface area contributed by atoms with Gasteiger partial charge in [-0.05, 0) is 44.2 Å². The van der Waals surface area contributed by atoms with Crippen LogP contribution < -0.4 is 5.32 Å². The molecule has 1 atom stereocenters. The van der Waals surface area contributed by atoms with Gasteiger partial charge in [-0.1, -0.05) is 42.0 Å². The number of ether oxygens (including phenoxy) is 1. The topological polar surface area (TPSA) is 89.5 Å². The van der Waals surface area contributed by atoms with Crippen LogP contribution in [0.4, 0.5) is 5.69 Å². The van der Waals surface area contributed by atoms with E-state index in [1.165, 1.54) is 19.1 Å². The first-order valence-electron chi connectivity index (χ1n) is 9.76. The third-order valence-electron chi connectivity index (χ3n) is 5.13. The van der Waals surface area contributed by atoms with Gasteiger partial charge < -0.3 is 10.1 Å². The maximum atomic E-state index is 12.8. The van der Waals surface area contributed by atoms with Crippen molar-refractivity contribution in [1.82, 2.24) is 0 Å². The molecule has 0 bridgehead atoms. The molecule has 4 rings (SSSR count). The van der Waals surface area contributed by atoms with E-state index in [0.29, 0.717) is 27.9 Å². The zero-order valence-corrected chi connectivity index (χ0v) is 17.0. The Hall–Kier alpha value is -4.06. The van der Waals surface area contributed by atoms with Crippen LogP contribution in [-0.2, 0) is 9.53 Å². The van der Waals surface area contributed by atoms with Crippen molar-refractivity contribution in [3.05, 3.63) is 100 Å². The van der Waals surface area contributed by atoms with E-state index in [2.05, 4.69) is 5.32 Å². The molecule has 1 N–H and O–H groups in total. The second-order valence-electron chi connectivity index (χ2n) is 7.37. The molecule has 1 amide bonds. The first kappa shape index (κ1) is 20.2. The van der Waals surface area contributed by atoms with Gasteiger partial charge in [-0.2, -0.15) is 0 Å². The summed E-state index contributed by atoms with van der Waals surface area (Å²) in [5, 5.41) is 2.64. The first-order chi connectivity index (χ1) is 14.8. The van der Waals surface area contributed by atoms with Crippen LogP contribution in [0.15, 0.2) is 66.7 Å². The van der Waals surface area contributed by atoms with Gasteiger partial charge in [0.25, 0.3) is 5.91 Å². The highest BCUT2D eigenvalue weighted by Gasteiger charge is 2.29. The van der Waals surface area contributed by atoms with E-state index in [4.69, 9.17) is 4.74 Å². The number of hydrogen-bond acceptors (Lipinski definition) is 5. The minimum absolute atomic E-state index is 0.228. The van der Waals surface area contributed by atoms with Gasteiger partial charge in [0.1, 0.15) is 0 Å². The van der Waals surface area contributed by atoms with Gasteiger partial charge in [0.05, 0.1) is 5.56 Å². The summed E-state index contributed by atoms with van der Waals surface area (Å²) in [7, 11) is 0. The van der Waals surface area contributed by atoms with Gasteiger partial charge in [0, 0.05) is 27.9 Å². The normalized spacial score (nSPS) is 13.1. The Morgan fingerprint density at radius 3 is 2.03 bits per heavy atom. The molecule has 3 aromatic rings. The standard InChI is InChI=1S/C25H19NO5/c1-14-7-9-16(10-8-14)25(30)31-15(2)24(29)26-17-11-12-20-21(13-17)23(28)19-6-4-3-5-18(19)22(20)27/h3-13,15H,1-2H3,(H,26,29)/t15-/m1/s1. The second-order valence-corrected chi connectivity index (χ2v) is 7.37. The second kappa shape index (κ2) is 7.99. The Morgan fingerprint density at radius 1 is 0.806 bits per heavy atom. The molecule has 1 aliphatic rings. The van der Waals surface area contributed by atoms with E-state index in [9.17, 15) is 19.2 Å². The van der Waals surface area contributed by atoms with Crippen LogP contribution in [0.2, 0.25) is 0 Å². The summed E-state index contributed by atoms with van der Waals surface area (Å²) < 4.78 is 5.24. The van der Waals surface area contributed by atoms with Crippen LogP contribution in [0.1, 0.15) is 54.7 Å². The van der Waals surface area contributed by atoms with Gasteiger partial charge in [0.15, 0.2) is 17.7 Å². The van der Waals surface area contributed by atoms with Crippen molar-refractivity contribution < 1.29 is 23.9 Å². The number of anilines is 1. The summed E-state index contributed by atoms with van der Waals surface area (Å²) in [6, 6.07) is 18.0. The largest absolute Gasteiger partial charge is 0.449 e. The number of rotatable bonds is 4. The number of carbonyl (C=O) groups is 4. The van der Waals surface area contributed by atoms with E-state index in [0.717, 1.165) is 5.56 Å². The molecule has 0 spiro atoms. The molecule has 0 heterocycles. The molecule has 6 heteroatoms. The van der Waals surface area contributed by atoms with Crippen molar-refractivity contribution in [3.63, 3.8) is 0 Å². The fourth-order valence-electron chi connectivity index (χ4n) is 3.39. The SMILES string of the molecule is Cc1ccc(C(=O)O[C@H](C)C(=O)Nc2ccc3c(c2)C(=O)c2ccccc2C3=O)cc1. The molecular weight excluding hydrogens is 394 g/mol. The molecule has 0 unspecified atom stereocenters. The summed E-state index contributed by atoms with van der Waals surface area (Å²) in [6.45, 7) is 3.37. The molecule has 0 radical (unpaired) electrons. The molecular formula is C25H19NO5. The number of benzene rings is 3. The number of aryl methyl sites for hydroxylation is 1. The number of hydrogen-bond donors (Lipinski definition) is 1. The molecule has 0 aliphatic heterocycles. The lowest BCUT2D eigenvalue weighted by Gasteiger charge is -2.19. The van der Waals surface area contributed by atoms with Crippen LogP contribution >= 0.6 is 0 Å². The molecule has 31 heavy (non-hydrogen) atoms. The fraction of sp³-hybridized carbons (Fsp3) is 0.120. The number of nitrogens with one attached hydrogen (secondary N) is 1. The summed E-state index contributed by atoms with van der Waals surface area (Å²) in [5.74, 6) is -1.66. The van der Waals surface area contributed by atoms with Crippen molar-refractivity contribution in [1.29, 1.82) is 0 Å². The zero-order chi connectivity index (χ0) is 22.1. The number of ketones is 2. The number of amides is 1. The van der Waals surface area contributed by atoms with Crippen molar-refractivity contribution >= 4 is 29.1 Å². The first-order valence-corrected chi connectivity index (χ1v) is 9.76. The highest BCUT2D eigenvalue weighted by Crippen LogP contribution is 2.29. The lowest BCUT2D eigenvalue weighted by Crippen LogP contribution is -2.30. The van der Waals surface area contributed by atoms with Crippen molar-refractivity contribution in [2.75, 3.05) is 5.32 Å². The van der Waals surface area contributed by atoms with Crippen molar-refractivity contribution in [3.8, 4) is 0 Å². The molecule has 3 aromatic carbocycles. The lowest BCUT2D eigenvalue weighted by atomic mass is 9.84. The Labute approximate surface area is 178 Å². The quantitative estimate of drug-likeness (QED) is 0.512. The molecule has 0 saturated carbocycles. The Balaban J connectivity index is 1.49. The number of fused-ring (bicyclic) bond motifs is 2. The number of carbonyl (C=O) groups excluding carboxylic acids is 4. The molecule has 0 aromatic heterocycles. The van der Waals surface area contributed by atoms with Gasteiger partial charge in [-0.3, -0.25) is 14.4 Å². The molecule has 154 valence electrons. The number of esters is 1. The summed E-state index contributed by atoms with van der Waals surface area (Å²) in [5.41, 5.74) is 2.92. The van der Waals surface area contributed by atoms with E-state index >= 15 is 0 Å². The van der Waals surface area contributed by atoms with Crippen LogP contribution in [0.5, 0.6) is 0 Å². The third kappa shape index (κ3) is 3.88. The van der Waals surface area contributed by atoms with Gasteiger partial charge >= 0.3 is 5.97 Å². The monoisotopic (exact) mass is 413 g/mol. The third-order valence-corrected chi connectivity index (χ3v) is 5.13. The minimum atomic E-state index is -1.05.